The highest BCUT2D eigenvalue weighted by molar-refractivity contribution is 5.31. The van der Waals surface area contributed by atoms with Gasteiger partial charge in [-0.3, -0.25) is 0 Å². The van der Waals surface area contributed by atoms with E-state index in [9.17, 15) is 0 Å². The van der Waals surface area contributed by atoms with Crippen molar-refractivity contribution in [2.24, 2.45) is 11.8 Å². The Bertz CT molecular complexity index is 320. The van der Waals surface area contributed by atoms with E-state index in [0.717, 1.165) is 18.8 Å². The van der Waals surface area contributed by atoms with Crippen molar-refractivity contribution in [3.63, 3.8) is 0 Å². The zero-order valence-electron chi connectivity index (χ0n) is 11.2. The molecule has 0 N–H and O–H groups in total. The van der Waals surface area contributed by atoms with Crippen LogP contribution >= 0.6 is 0 Å². The first kappa shape index (κ1) is 13.8. The molecule has 2 unspecified atom stereocenters. The van der Waals surface area contributed by atoms with Crippen molar-refractivity contribution < 1.29 is 4.74 Å². The fourth-order valence-corrected chi connectivity index (χ4v) is 1.88. The van der Waals surface area contributed by atoms with Gasteiger partial charge in [0, 0.05) is 11.8 Å². The van der Waals surface area contributed by atoms with E-state index < -0.39 is 0 Å². The summed E-state index contributed by atoms with van der Waals surface area (Å²) < 4.78 is 5.69. The number of allylic oxidation sites excluding steroid dienone is 7. The van der Waals surface area contributed by atoms with E-state index in [4.69, 9.17) is 4.74 Å². The molecule has 2 aliphatic carbocycles. The molecular formula is C16H24O. The van der Waals surface area contributed by atoms with Crippen LogP contribution in [0.4, 0.5) is 0 Å². The lowest BCUT2D eigenvalue weighted by atomic mass is 9.85. The molecule has 0 aromatic heterocycles. The van der Waals surface area contributed by atoms with Gasteiger partial charge in [-0.05, 0) is 18.6 Å². The molecule has 0 aromatic carbocycles. The molecule has 2 aliphatic rings. The molecular weight excluding hydrogens is 208 g/mol. The number of rotatable bonds is 4. The molecule has 1 nitrogen and oxygen atoms in total. The number of unbranched alkanes of at least 4 members (excludes halogenated alkanes) is 1. The van der Waals surface area contributed by atoms with Gasteiger partial charge in [0.15, 0.2) is 0 Å². The second-order valence-electron chi connectivity index (χ2n) is 4.05. The van der Waals surface area contributed by atoms with Crippen molar-refractivity contribution in [1.29, 1.82) is 0 Å². The van der Waals surface area contributed by atoms with Gasteiger partial charge in [-0.1, -0.05) is 57.6 Å². The van der Waals surface area contributed by atoms with Crippen molar-refractivity contribution in [2.75, 3.05) is 6.61 Å². The van der Waals surface area contributed by atoms with Crippen molar-refractivity contribution >= 4 is 0 Å². The topological polar surface area (TPSA) is 9.23 Å². The summed E-state index contributed by atoms with van der Waals surface area (Å²) in [6.07, 6.45) is 17.6. The van der Waals surface area contributed by atoms with Gasteiger partial charge in [0.1, 0.15) is 5.76 Å². The summed E-state index contributed by atoms with van der Waals surface area (Å²) in [5, 5.41) is 0. The molecule has 0 saturated carbocycles. The molecule has 0 saturated heterocycles. The fraction of sp³-hybridized carbons (Fsp3) is 0.500. The van der Waals surface area contributed by atoms with Crippen molar-refractivity contribution in [3.8, 4) is 0 Å². The molecule has 0 fully saturated rings. The van der Waals surface area contributed by atoms with E-state index in [1.807, 2.05) is 13.8 Å². The van der Waals surface area contributed by atoms with E-state index in [2.05, 4.69) is 49.5 Å². The number of hydrogen-bond donors (Lipinski definition) is 0. The van der Waals surface area contributed by atoms with Crippen LogP contribution in [0.3, 0.4) is 0 Å². The van der Waals surface area contributed by atoms with E-state index in [1.54, 1.807) is 0 Å². The van der Waals surface area contributed by atoms with Crippen molar-refractivity contribution in [3.05, 3.63) is 48.3 Å². The maximum Gasteiger partial charge on any atom is 0.115 e. The fourth-order valence-electron chi connectivity index (χ4n) is 1.88. The van der Waals surface area contributed by atoms with Gasteiger partial charge in [0.2, 0.25) is 0 Å². The standard InChI is InChI=1S/C14H18O.C2H6/c1-2-3-10-15-14-9-8-12-6-4-5-7-13(12)11-14;1-2/h4-9,11-13H,2-3,10H2,1H3;1-2H3. The van der Waals surface area contributed by atoms with Crippen LogP contribution in [0.15, 0.2) is 48.3 Å². The summed E-state index contributed by atoms with van der Waals surface area (Å²) in [5.41, 5.74) is 0. The summed E-state index contributed by atoms with van der Waals surface area (Å²) in [6, 6.07) is 0. The van der Waals surface area contributed by atoms with Crippen LogP contribution in [0.2, 0.25) is 0 Å². The highest BCUT2D eigenvalue weighted by Crippen LogP contribution is 2.28. The SMILES string of the molecule is CC.CCCCOC1=CC2C=CC=CC2C=C1. The smallest absolute Gasteiger partial charge is 0.115 e. The minimum Gasteiger partial charge on any atom is -0.494 e. The lowest BCUT2D eigenvalue weighted by Crippen LogP contribution is -2.12. The summed E-state index contributed by atoms with van der Waals surface area (Å²) in [7, 11) is 0. The van der Waals surface area contributed by atoms with Crippen LogP contribution in [-0.4, -0.2) is 6.61 Å². The summed E-state index contributed by atoms with van der Waals surface area (Å²) >= 11 is 0. The van der Waals surface area contributed by atoms with Crippen LogP contribution in [0.1, 0.15) is 33.6 Å². The van der Waals surface area contributed by atoms with Crippen LogP contribution in [0, 0.1) is 11.8 Å². The van der Waals surface area contributed by atoms with Crippen LogP contribution < -0.4 is 0 Å². The molecule has 17 heavy (non-hydrogen) atoms. The lowest BCUT2D eigenvalue weighted by molar-refractivity contribution is 0.215. The van der Waals surface area contributed by atoms with Gasteiger partial charge in [-0.2, -0.15) is 0 Å². The van der Waals surface area contributed by atoms with Gasteiger partial charge < -0.3 is 4.74 Å². The molecule has 0 bridgehead atoms. The minimum absolute atomic E-state index is 0.497. The lowest BCUT2D eigenvalue weighted by Gasteiger charge is -2.22. The molecule has 0 amide bonds. The Balaban J connectivity index is 0.000000686. The Morgan fingerprint density at radius 2 is 1.76 bits per heavy atom. The summed E-state index contributed by atoms with van der Waals surface area (Å²) in [4.78, 5) is 0. The largest absolute Gasteiger partial charge is 0.494 e. The monoisotopic (exact) mass is 232 g/mol. The maximum absolute atomic E-state index is 5.69. The van der Waals surface area contributed by atoms with Crippen LogP contribution in [0.25, 0.3) is 0 Å². The van der Waals surface area contributed by atoms with Gasteiger partial charge >= 0.3 is 0 Å². The van der Waals surface area contributed by atoms with Gasteiger partial charge in [-0.25, -0.2) is 0 Å². The summed E-state index contributed by atoms with van der Waals surface area (Å²) in [6.45, 7) is 7.02. The molecule has 94 valence electrons. The Hall–Kier alpha value is -1.24. The molecule has 0 heterocycles. The Morgan fingerprint density at radius 3 is 2.47 bits per heavy atom. The average Bonchev–Trinajstić information content (AvgIpc) is 2.41. The van der Waals surface area contributed by atoms with E-state index in [1.165, 1.54) is 6.42 Å². The first-order valence-electron chi connectivity index (χ1n) is 6.78. The predicted octanol–water partition coefficient (Wildman–Crippen LogP) is 4.64. The number of ether oxygens (including phenoxy) is 1. The molecule has 0 aliphatic heterocycles. The van der Waals surface area contributed by atoms with Gasteiger partial charge in [0.05, 0.1) is 6.61 Å². The predicted molar refractivity (Wildman–Crippen MR) is 74.7 cm³/mol. The van der Waals surface area contributed by atoms with Crippen molar-refractivity contribution in [1.82, 2.24) is 0 Å². The van der Waals surface area contributed by atoms with Crippen LogP contribution in [0.5, 0.6) is 0 Å². The third-order valence-corrected chi connectivity index (χ3v) is 2.83. The average molecular weight is 232 g/mol. The van der Waals surface area contributed by atoms with Gasteiger partial charge in [-0.15, -0.1) is 0 Å². The normalized spacial score (nSPS) is 24.5. The van der Waals surface area contributed by atoms with Gasteiger partial charge in [0.25, 0.3) is 0 Å². The molecule has 0 spiro atoms. The highest BCUT2D eigenvalue weighted by atomic mass is 16.5. The molecule has 2 rings (SSSR count). The second-order valence-corrected chi connectivity index (χ2v) is 4.05. The van der Waals surface area contributed by atoms with E-state index in [-0.39, 0.29) is 0 Å². The summed E-state index contributed by atoms with van der Waals surface area (Å²) in [5.74, 6) is 2.06. The molecule has 2 atom stereocenters. The van der Waals surface area contributed by atoms with E-state index >= 15 is 0 Å². The molecule has 1 heteroatoms. The second kappa shape index (κ2) is 7.94. The third-order valence-electron chi connectivity index (χ3n) is 2.83. The van der Waals surface area contributed by atoms with Crippen molar-refractivity contribution in [2.45, 2.75) is 33.6 Å². The first-order chi connectivity index (χ1) is 8.40. The number of hydrogen-bond acceptors (Lipinski definition) is 1. The minimum atomic E-state index is 0.497. The Labute approximate surface area is 106 Å². The highest BCUT2D eigenvalue weighted by Gasteiger charge is 2.18. The first-order valence-corrected chi connectivity index (χ1v) is 6.78. The molecule has 0 aromatic rings. The Kier molecular flexibility index (Phi) is 6.46. The zero-order chi connectivity index (χ0) is 12.5. The number of fused-ring (bicyclic) bond motifs is 1. The quantitative estimate of drug-likeness (QED) is 0.641. The molecule has 0 radical (unpaired) electrons. The Morgan fingerprint density at radius 1 is 1.06 bits per heavy atom. The maximum atomic E-state index is 5.69. The third kappa shape index (κ3) is 4.26. The van der Waals surface area contributed by atoms with E-state index in [0.29, 0.717) is 11.8 Å². The zero-order valence-corrected chi connectivity index (χ0v) is 11.2. The van der Waals surface area contributed by atoms with Crippen LogP contribution in [-0.2, 0) is 4.74 Å².